The number of carbonyl (C=O) groups excluding carboxylic acids is 2. The molecule has 0 N–H and O–H groups in total. The zero-order valence-electron chi connectivity index (χ0n) is 14.4. The second kappa shape index (κ2) is 7.76. The van der Waals surface area contributed by atoms with Crippen molar-refractivity contribution in [1.29, 1.82) is 0 Å². The normalized spacial score (nSPS) is 10.9. The Morgan fingerprint density at radius 2 is 1.83 bits per heavy atom. The Bertz CT molecular complexity index is 647. The number of nitro benzene ring substituents is 1. The lowest BCUT2D eigenvalue weighted by Gasteiger charge is -2.16. The van der Waals surface area contributed by atoms with Gasteiger partial charge < -0.3 is 14.2 Å². The minimum Gasteiger partial charge on any atom is -0.493 e. The van der Waals surface area contributed by atoms with Crippen LogP contribution >= 0.6 is 0 Å². The number of nitro groups is 1. The van der Waals surface area contributed by atoms with Gasteiger partial charge in [0, 0.05) is 11.5 Å². The highest BCUT2D eigenvalue weighted by Crippen LogP contribution is 2.35. The molecule has 0 aromatic heterocycles. The van der Waals surface area contributed by atoms with Crippen LogP contribution in [-0.4, -0.2) is 37.0 Å². The van der Waals surface area contributed by atoms with Crippen LogP contribution in [0.5, 0.6) is 11.5 Å². The van der Waals surface area contributed by atoms with Gasteiger partial charge >= 0.3 is 5.97 Å². The molecule has 0 aliphatic carbocycles. The van der Waals surface area contributed by atoms with E-state index in [1.807, 2.05) is 0 Å². The first-order chi connectivity index (χ1) is 11.1. The summed E-state index contributed by atoms with van der Waals surface area (Å²) in [6.45, 7) is 6.58. The van der Waals surface area contributed by atoms with Crippen LogP contribution in [0, 0.1) is 15.5 Å². The van der Waals surface area contributed by atoms with E-state index >= 15 is 0 Å². The molecule has 0 atom stereocenters. The van der Waals surface area contributed by atoms with Crippen LogP contribution in [0.15, 0.2) is 12.1 Å². The van der Waals surface area contributed by atoms with Gasteiger partial charge in [-0.05, 0) is 6.92 Å². The zero-order chi connectivity index (χ0) is 18.5. The molecule has 132 valence electrons. The van der Waals surface area contributed by atoms with Gasteiger partial charge in [0.2, 0.25) is 0 Å². The van der Waals surface area contributed by atoms with Gasteiger partial charge in [0.25, 0.3) is 5.69 Å². The van der Waals surface area contributed by atoms with Gasteiger partial charge in [-0.15, -0.1) is 0 Å². The third kappa shape index (κ3) is 4.68. The first-order valence-electron chi connectivity index (χ1n) is 7.31. The first-order valence-corrected chi connectivity index (χ1v) is 7.31. The van der Waals surface area contributed by atoms with Gasteiger partial charge in [0.15, 0.2) is 23.9 Å². The number of Topliss-reactive ketones (excluding diaryl/α,β-unsaturated/α-hetero) is 1. The fourth-order valence-corrected chi connectivity index (χ4v) is 1.72. The smallest absolute Gasteiger partial charge is 0.345 e. The number of methoxy groups -OCH3 is 1. The lowest BCUT2D eigenvalue weighted by Crippen LogP contribution is -2.26. The average Bonchev–Trinajstić information content (AvgIpc) is 2.50. The topological polar surface area (TPSA) is 105 Å². The molecule has 0 radical (unpaired) electrons. The number of rotatable bonds is 7. The molecule has 0 saturated carbocycles. The lowest BCUT2D eigenvalue weighted by atomic mass is 9.91. The van der Waals surface area contributed by atoms with Crippen molar-refractivity contribution in [2.24, 2.45) is 5.41 Å². The van der Waals surface area contributed by atoms with Crippen molar-refractivity contribution in [3.05, 3.63) is 27.8 Å². The molecule has 0 saturated heterocycles. The predicted molar refractivity (Wildman–Crippen MR) is 85.6 cm³/mol. The summed E-state index contributed by atoms with van der Waals surface area (Å²) in [5, 5.41) is 11.2. The molecule has 1 aromatic rings. The predicted octanol–water partition coefficient (Wildman–Crippen LogP) is 2.77. The molecule has 0 aliphatic heterocycles. The lowest BCUT2D eigenvalue weighted by molar-refractivity contribution is -0.385. The number of hydrogen-bond acceptors (Lipinski definition) is 7. The van der Waals surface area contributed by atoms with E-state index < -0.39 is 28.6 Å². The second-order valence-corrected chi connectivity index (χ2v) is 5.96. The fourth-order valence-electron chi connectivity index (χ4n) is 1.72. The van der Waals surface area contributed by atoms with Crippen LogP contribution < -0.4 is 9.47 Å². The summed E-state index contributed by atoms with van der Waals surface area (Å²) >= 11 is 0. The number of benzene rings is 1. The van der Waals surface area contributed by atoms with E-state index in [1.165, 1.54) is 13.2 Å². The summed E-state index contributed by atoms with van der Waals surface area (Å²) < 4.78 is 15.3. The molecule has 0 spiro atoms. The maximum Gasteiger partial charge on any atom is 0.345 e. The van der Waals surface area contributed by atoms with Crippen LogP contribution in [0.3, 0.4) is 0 Å². The molecule has 0 bridgehead atoms. The van der Waals surface area contributed by atoms with Crippen molar-refractivity contribution in [2.45, 2.75) is 27.7 Å². The standard InChI is InChI=1S/C16H21NO7/c1-6-23-13-8-11(17(20)21)10(7-12(13)22-5)15(19)24-9-14(18)16(2,3)4/h7-8H,6,9H2,1-5H3. The maximum atomic E-state index is 12.2. The molecule has 1 rings (SSSR count). The van der Waals surface area contributed by atoms with Crippen LogP contribution in [0.25, 0.3) is 0 Å². The number of esters is 1. The highest BCUT2D eigenvalue weighted by atomic mass is 16.6. The summed E-state index contributed by atoms with van der Waals surface area (Å²) in [5.41, 5.74) is -1.46. The summed E-state index contributed by atoms with van der Waals surface area (Å²) in [5.74, 6) is -0.956. The maximum absolute atomic E-state index is 12.2. The summed E-state index contributed by atoms with van der Waals surface area (Å²) in [6.07, 6.45) is 0. The Labute approximate surface area is 139 Å². The van der Waals surface area contributed by atoms with Crippen molar-refractivity contribution in [3.8, 4) is 11.5 Å². The van der Waals surface area contributed by atoms with Gasteiger partial charge in [-0.3, -0.25) is 14.9 Å². The zero-order valence-corrected chi connectivity index (χ0v) is 14.4. The number of hydrogen-bond donors (Lipinski definition) is 0. The summed E-state index contributed by atoms with van der Waals surface area (Å²) in [7, 11) is 1.35. The monoisotopic (exact) mass is 339 g/mol. The Morgan fingerprint density at radius 1 is 1.21 bits per heavy atom. The van der Waals surface area contributed by atoms with E-state index in [-0.39, 0.29) is 29.5 Å². The quantitative estimate of drug-likeness (QED) is 0.427. The van der Waals surface area contributed by atoms with E-state index in [9.17, 15) is 19.7 Å². The SMILES string of the molecule is CCOc1cc([N+](=O)[O-])c(C(=O)OCC(=O)C(C)(C)C)cc1OC. The van der Waals surface area contributed by atoms with E-state index in [2.05, 4.69) is 0 Å². The van der Waals surface area contributed by atoms with E-state index in [1.54, 1.807) is 27.7 Å². The molecule has 0 amide bonds. The van der Waals surface area contributed by atoms with Gasteiger partial charge in [-0.25, -0.2) is 4.79 Å². The average molecular weight is 339 g/mol. The second-order valence-electron chi connectivity index (χ2n) is 5.96. The molecule has 0 unspecified atom stereocenters. The molecule has 0 aliphatic rings. The van der Waals surface area contributed by atoms with E-state index in [0.717, 1.165) is 6.07 Å². The van der Waals surface area contributed by atoms with Crippen molar-refractivity contribution >= 4 is 17.4 Å². The molecule has 8 nitrogen and oxygen atoms in total. The van der Waals surface area contributed by atoms with Crippen LogP contribution in [0.1, 0.15) is 38.1 Å². The fraction of sp³-hybridized carbons (Fsp3) is 0.500. The van der Waals surface area contributed by atoms with Crippen molar-refractivity contribution in [3.63, 3.8) is 0 Å². The molecule has 8 heteroatoms. The van der Waals surface area contributed by atoms with Crippen molar-refractivity contribution in [2.75, 3.05) is 20.3 Å². The molecule has 1 aromatic carbocycles. The summed E-state index contributed by atoms with van der Waals surface area (Å²) in [4.78, 5) is 34.5. The highest BCUT2D eigenvalue weighted by Gasteiger charge is 2.28. The largest absolute Gasteiger partial charge is 0.493 e. The highest BCUT2D eigenvalue weighted by molar-refractivity contribution is 5.96. The van der Waals surface area contributed by atoms with Crippen LogP contribution in [0.2, 0.25) is 0 Å². The Hall–Kier alpha value is -2.64. The third-order valence-corrected chi connectivity index (χ3v) is 3.17. The van der Waals surface area contributed by atoms with Crippen molar-refractivity contribution < 1.29 is 28.7 Å². The molecule has 0 fully saturated rings. The number of ether oxygens (including phenoxy) is 3. The minimum atomic E-state index is -0.972. The number of carbonyl (C=O) groups is 2. The van der Waals surface area contributed by atoms with E-state index in [0.29, 0.717) is 0 Å². The van der Waals surface area contributed by atoms with E-state index in [4.69, 9.17) is 14.2 Å². The minimum absolute atomic E-state index is 0.147. The van der Waals surface area contributed by atoms with Crippen molar-refractivity contribution in [1.82, 2.24) is 0 Å². The Morgan fingerprint density at radius 3 is 2.29 bits per heavy atom. The molecule has 0 heterocycles. The number of ketones is 1. The first kappa shape index (κ1) is 19.4. The number of nitrogens with zero attached hydrogens (tertiary/aromatic N) is 1. The van der Waals surface area contributed by atoms with Gasteiger partial charge in [0.1, 0.15) is 5.56 Å². The molecular formula is C16H21NO7. The Balaban J connectivity index is 3.14. The van der Waals surface area contributed by atoms with Gasteiger partial charge in [0.05, 0.1) is 24.7 Å². The molecule has 24 heavy (non-hydrogen) atoms. The molecular weight excluding hydrogens is 318 g/mol. The van der Waals surface area contributed by atoms with Gasteiger partial charge in [-0.2, -0.15) is 0 Å². The van der Waals surface area contributed by atoms with Crippen LogP contribution in [-0.2, 0) is 9.53 Å². The third-order valence-electron chi connectivity index (χ3n) is 3.17. The Kier molecular flexibility index (Phi) is 6.27. The summed E-state index contributed by atoms with van der Waals surface area (Å²) in [6, 6.07) is 2.28. The van der Waals surface area contributed by atoms with Gasteiger partial charge in [-0.1, -0.05) is 20.8 Å². The van der Waals surface area contributed by atoms with Crippen LogP contribution in [0.4, 0.5) is 5.69 Å².